The SMILES string of the molecule is Cn1nccc1-c1ccc(CNc2nccc(-c3ccc4ncccc4c3)c2F)cc1. The van der Waals surface area contributed by atoms with Crippen LogP contribution in [0.1, 0.15) is 5.56 Å². The lowest BCUT2D eigenvalue weighted by Crippen LogP contribution is -2.04. The first-order valence-corrected chi connectivity index (χ1v) is 10.00. The normalized spacial score (nSPS) is 11.0. The number of anilines is 1. The zero-order valence-electron chi connectivity index (χ0n) is 17.0. The first kappa shape index (κ1) is 18.9. The number of fused-ring (bicyclic) bond motifs is 1. The summed E-state index contributed by atoms with van der Waals surface area (Å²) in [5.41, 5.74) is 5.35. The fourth-order valence-corrected chi connectivity index (χ4v) is 3.67. The van der Waals surface area contributed by atoms with Crippen LogP contribution in [0.3, 0.4) is 0 Å². The van der Waals surface area contributed by atoms with E-state index in [1.54, 1.807) is 24.7 Å². The molecule has 0 unspecified atom stereocenters. The predicted molar refractivity (Wildman–Crippen MR) is 121 cm³/mol. The van der Waals surface area contributed by atoms with E-state index in [9.17, 15) is 0 Å². The van der Waals surface area contributed by atoms with Crippen LogP contribution in [0.25, 0.3) is 33.3 Å². The van der Waals surface area contributed by atoms with Gasteiger partial charge in [-0.05, 0) is 47.0 Å². The van der Waals surface area contributed by atoms with Crippen molar-refractivity contribution in [1.82, 2.24) is 19.7 Å². The molecule has 0 saturated heterocycles. The Bertz CT molecular complexity index is 1360. The third-order valence-electron chi connectivity index (χ3n) is 5.33. The topological polar surface area (TPSA) is 55.6 Å². The van der Waals surface area contributed by atoms with Gasteiger partial charge in [-0.3, -0.25) is 9.67 Å². The van der Waals surface area contributed by atoms with Crippen molar-refractivity contribution in [2.45, 2.75) is 6.54 Å². The third kappa shape index (κ3) is 3.75. The van der Waals surface area contributed by atoms with Crippen LogP contribution in [0.4, 0.5) is 10.2 Å². The Labute approximate surface area is 179 Å². The minimum atomic E-state index is -0.364. The van der Waals surface area contributed by atoms with Crippen molar-refractivity contribution < 1.29 is 4.39 Å². The van der Waals surface area contributed by atoms with Gasteiger partial charge >= 0.3 is 0 Å². The molecule has 31 heavy (non-hydrogen) atoms. The number of pyridine rings is 2. The zero-order valence-corrected chi connectivity index (χ0v) is 17.0. The van der Waals surface area contributed by atoms with Crippen LogP contribution in [-0.4, -0.2) is 19.7 Å². The predicted octanol–water partition coefficient (Wildman–Crippen LogP) is 5.45. The molecule has 2 aromatic carbocycles. The van der Waals surface area contributed by atoms with E-state index < -0.39 is 0 Å². The number of aromatic nitrogens is 4. The summed E-state index contributed by atoms with van der Waals surface area (Å²) in [5, 5.41) is 8.30. The van der Waals surface area contributed by atoms with Crippen molar-refractivity contribution in [2.24, 2.45) is 7.05 Å². The number of benzene rings is 2. The van der Waals surface area contributed by atoms with Gasteiger partial charge in [-0.25, -0.2) is 9.37 Å². The highest BCUT2D eigenvalue weighted by molar-refractivity contribution is 5.84. The van der Waals surface area contributed by atoms with Crippen LogP contribution in [-0.2, 0) is 13.6 Å². The highest BCUT2D eigenvalue weighted by atomic mass is 19.1. The minimum Gasteiger partial charge on any atom is -0.364 e. The van der Waals surface area contributed by atoms with Gasteiger partial charge in [0.1, 0.15) is 0 Å². The Kier molecular flexibility index (Phi) is 4.88. The Morgan fingerprint density at radius 1 is 0.871 bits per heavy atom. The Hall–Kier alpha value is -4.06. The number of hydrogen-bond donors (Lipinski definition) is 1. The van der Waals surface area contributed by atoms with Crippen molar-refractivity contribution >= 4 is 16.7 Å². The van der Waals surface area contributed by atoms with E-state index >= 15 is 4.39 Å². The average molecular weight is 409 g/mol. The summed E-state index contributed by atoms with van der Waals surface area (Å²) >= 11 is 0. The summed E-state index contributed by atoms with van der Waals surface area (Å²) in [7, 11) is 1.91. The maximum atomic E-state index is 15.2. The van der Waals surface area contributed by atoms with Gasteiger partial charge in [0, 0.05) is 43.1 Å². The lowest BCUT2D eigenvalue weighted by atomic mass is 10.0. The van der Waals surface area contributed by atoms with E-state index in [-0.39, 0.29) is 11.6 Å². The summed E-state index contributed by atoms with van der Waals surface area (Å²) in [5.74, 6) is -0.128. The van der Waals surface area contributed by atoms with Gasteiger partial charge in [-0.15, -0.1) is 0 Å². The largest absolute Gasteiger partial charge is 0.364 e. The second-order valence-corrected chi connectivity index (χ2v) is 7.32. The Morgan fingerprint density at radius 3 is 2.52 bits per heavy atom. The molecule has 0 amide bonds. The lowest BCUT2D eigenvalue weighted by molar-refractivity contribution is 0.628. The van der Waals surface area contributed by atoms with Crippen LogP contribution in [0.15, 0.2) is 85.3 Å². The maximum absolute atomic E-state index is 15.2. The molecule has 0 spiro atoms. The van der Waals surface area contributed by atoms with Crippen molar-refractivity contribution in [3.63, 3.8) is 0 Å². The average Bonchev–Trinajstić information content (AvgIpc) is 3.24. The molecule has 0 aliphatic heterocycles. The quantitative estimate of drug-likeness (QED) is 0.419. The molecular formula is C25H20FN5. The standard InChI is InChI=1S/C25H20FN5/c1-31-23(11-14-30-31)18-6-4-17(5-7-18)16-29-25-24(26)21(10-13-28-25)19-8-9-22-20(15-19)3-2-12-27-22/h2-15H,16H2,1H3,(H,28,29). The maximum Gasteiger partial charge on any atom is 0.173 e. The van der Waals surface area contributed by atoms with Crippen molar-refractivity contribution in [1.29, 1.82) is 0 Å². The number of halogens is 1. The molecule has 0 bridgehead atoms. The van der Waals surface area contributed by atoms with Crippen molar-refractivity contribution in [2.75, 3.05) is 5.32 Å². The zero-order chi connectivity index (χ0) is 21.2. The van der Waals surface area contributed by atoms with Crippen molar-refractivity contribution in [3.8, 4) is 22.4 Å². The third-order valence-corrected chi connectivity index (χ3v) is 5.33. The fraction of sp³-hybridized carbons (Fsp3) is 0.0800. The number of nitrogens with zero attached hydrogens (tertiary/aromatic N) is 4. The minimum absolute atomic E-state index is 0.236. The van der Waals surface area contributed by atoms with E-state index in [2.05, 4.69) is 20.4 Å². The Morgan fingerprint density at radius 2 is 1.71 bits per heavy atom. The molecule has 5 aromatic rings. The van der Waals surface area contributed by atoms with Crippen LogP contribution < -0.4 is 5.32 Å². The number of nitrogens with one attached hydrogen (secondary N) is 1. The van der Waals surface area contributed by atoms with Gasteiger partial charge in [-0.2, -0.15) is 5.10 Å². The summed E-state index contributed by atoms with van der Waals surface area (Å²) in [6.07, 6.45) is 5.15. The molecule has 0 aliphatic carbocycles. The monoisotopic (exact) mass is 409 g/mol. The molecule has 0 saturated carbocycles. The van der Waals surface area contributed by atoms with Crippen LogP contribution in [0.5, 0.6) is 0 Å². The second-order valence-electron chi connectivity index (χ2n) is 7.32. The summed E-state index contributed by atoms with van der Waals surface area (Å²) < 4.78 is 17.0. The first-order chi connectivity index (χ1) is 15.2. The molecule has 5 nitrogen and oxygen atoms in total. The van der Waals surface area contributed by atoms with Crippen LogP contribution in [0, 0.1) is 5.82 Å². The molecule has 1 N–H and O–H groups in total. The fourth-order valence-electron chi connectivity index (χ4n) is 3.67. The summed E-state index contributed by atoms with van der Waals surface area (Å²) in [6.45, 7) is 0.473. The van der Waals surface area contributed by atoms with E-state index in [1.807, 2.05) is 72.4 Å². The highest BCUT2D eigenvalue weighted by Gasteiger charge is 2.12. The number of aryl methyl sites for hydroxylation is 1. The van der Waals surface area contributed by atoms with Gasteiger partial charge in [0.15, 0.2) is 11.6 Å². The van der Waals surface area contributed by atoms with E-state index in [0.717, 1.165) is 33.3 Å². The molecule has 3 aromatic heterocycles. The van der Waals surface area contributed by atoms with Gasteiger partial charge in [0.25, 0.3) is 0 Å². The van der Waals surface area contributed by atoms with E-state index in [4.69, 9.17) is 0 Å². The molecule has 0 radical (unpaired) electrons. The van der Waals surface area contributed by atoms with Gasteiger partial charge in [0.2, 0.25) is 0 Å². The van der Waals surface area contributed by atoms with Gasteiger partial charge < -0.3 is 5.32 Å². The molecule has 6 heteroatoms. The molecule has 3 heterocycles. The number of rotatable bonds is 5. The molecular weight excluding hydrogens is 389 g/mol. The summed E-state index contributed by atoms with van der Waals surface area (Å²) in [4.78, 5) is 8.52. The second kappa shape index (κ2) is 7.99. The molecule has 0 atom stereocenters. The number of hydrogen-bond acceptors (Lipinski definition) is 4. The smallest absolute Gasteiger partial charge is 0.173 e. The summed E-state index contributed by atoms with van der Waals surface area (Å²) in [6, 6.07) is 21.4. The molecule has 5 rings (SSSR count). The van der Waals surface area contributed by atoms with Crippen molar-refractivity contribution in [3.05, 3.63) is 96.7 Å². The Balaban J connectivity index is 1.36. The van der Waals surface area contributed by atoms with Gasteiger partial charge in [-0.1, -0.05) is 36.4 Å². The lowest BCUT2D eigenvalue weighted by Gasteiger charge is -2.11. The van der Waals surface area contributed by atoms with Crippen LogP contribution in [0.2, 0.25) is 0 Å². The van der Waals surface area contributed by atoms with Gasteiger partial charge in [0.05, 0.1) is 11.2 Å². The molecule has 152 valence electrons. The molecule has 0 fully saturated rings. The highest BCUT2D eigenvalue weighted by Crippen LogP contribution is 2.29. The van der Waals surface area contributed by atoms with E-state index in [1.165, 1.54) is 0 Å². The van der Waals surface area contributed by atoms with Crippen LogP contribution >= 0.6 is 0 Å². The first-order valence-electron chi connectivity index (χ1n) is 10.00. The van der Waals surface area contributed by atoms with E-state index in [0.29, 0.717) is 12.1 Å². The molecule has 0 aliphatic rings.